The van der Waals surface area contributed by atoms with Crippen LogP contribution < -0.4 is 5.32 Å². The van der Waals surface area contributed by atoms with Gasteiger partial charge in [-0.3, -0.25) is 14.3 Å². The van der Waals surface area contributed by atoms with Gasteiger partial charge in [0.1, 0.15) is 0 Å². The van der Waals surface area contributed by atoms with Gasteiger partial charge in [0, 0.05) is 12.2 Å². The molecule has 0 saturated heterocycles. The van der Waals surface area contributed by atoms with Crippen molar-refractivity contribution < 1.29 is 14.7 Å². The number of aryl methyl sites for hydroxylation is 1. The number of aromatic nitrogens is 2. The van der Waals surface area contributed by atoms with Crippen LogP contribution in [0.4, 0.5) is 0 Å². The average Bonchev–Trinajstić information content (AvgIpc) is 2.88. The van der Waals surface area contributed by atoms with E-state index in [9.17, 15) is 9.59 Å². The lowest BCUT2D eigenvalue weighted by molar-refractivity contribution is -0.137. The van der Waals surface area contributed by atoms with Crippen LogP contribution in [0.2, 0.25) is 0 Å². The fraction of sp³-hybridized carbons (Fsp3) is 0.643. The first-order valence-corrected chi connectivity index (χ1v) is 7.11. The van der Waals surface area contributed by atoms with Crippen LogP contribution >= 0.6 is 0 Å². The zero-order chi connectivity index (χ0) is 14.5. The van der Waals surface area contributed by atoms with Gasteiger partial charge in [-0.05, 0) is 18.8 Å². The molecule has 110 valence electrons. The zero-order valence-corrected chi connectivity index (χ0v) is 11.7. The van der Waals surface area contributed by atoms with Crippen LogP contribution in [-0.4, -0.2) is 32.8 Å². The summed E-state index contributed by atoms with van der Waals surface area (Å²) in [6.07, 6.45) is 7.68. The number of carbonyl (C=O) groups is 2. The van der Waals surface area contributed by atoms with Gasteiger partial charge in [-0.25, -0.2) is 0 Å². The minimum absolute atomic E-state index is 0.00238. The molecule has 2 atom stereocenters. The summed E-state index contributed by atoms with van der Waals surface area (Å²) >= 11 is 0. The molecule has 0 aromatic carbocycles. The van der Waals surface area contributed by atoms with Gasteiger partial charge in [0.2, 0.25) is 0 Å². The first-order valence-electron chi connectivity index (χ1n) is 7.11. The summed E-state index contributed by atoms with van der Waals surface area (Å²) in [7, 11) is 0. The molecule has 0 bridgehead atoms. The molecule has 2 N–H and O–H groups in total. The molecular formula is C14H21N3O3. The molecule has 2 unspecified atom stereocenters. The number of hydrogen-bond acceptors (Lipinski definition) is 3. The van der Waals surface area contributed by atoms with Crippen molar-refractivity contribution in [1.29, 1.82) is 0 Å². The summed E-state index contributed by atoms with van der Waals surface area (Å²) < 4.78 is 1.49. The number of rotatable bonds is 5. The first-order chi connectivity index (χ1) is 9.56. The Kier molecular flexibility index (Phi) is 4.76. The molecule has 1 aromatic heterocycles. The Bertz CT molecular complexity index is 484. The number of aliphatic carboxylic acids is 1. The monoisotopic (exact) mass is 279 g/mol. The maximum absolute atomic E-state index is 12.1. The SMILES string of the molecule is CC1CCCCC1NC(=O)c1cnn(CCC(=O)O)c1. The van der Waals surface area contributed by atoms with Crippen LogP contribution in [0.25, 0.3) is 0 Å². The molecule has 0 radical (unpaired) electrons. The molecule has 0 spiro atoms. The van der Waals surface area contributed by atoms with Crippen LogP contribution in [0.3, 0.4) is 0 Å². The zero-order valence-electron chi connectivity index (χ0n) is 11.7. The molecule has 1 aliphatic rings. The normalized spacial score (nSPS) is 22.4. The molecule has 1 aromatic rings. The Labute approximate surface area is 118 Å². The van der Waals surface area contributed by atoms with E-state index in [0.29, 0.717) is 11.5 Å². The molecule has 20 heavy (non-hydrogen) atoms. The van der Waals surface area contributed by atoms with E-state index >= 15 is 0 Å². The number of carboxylic acids is 1. The largest absolute Gasteiger partial charge is 0.481 e. The predicted octanol–water partition coefficient (Wildman–Crippen LogP) is 1.67. The van der Waals surface area contributed by atoms with Gasteiger partial charge in [-0.2, -0.15) is 5.10 Å². The Morgan fingerprint density at radius 3 is 2.90 bits per heavy atom. The van der Waals surface area contributed by atoms with Crippen molar-refractivity contribution in [2.45, 2.75) is 51.6 Å². The number of carboxylic acid groups (broad SMARTS) is 1. The standard InChI is InChI=1S/C14H21N3O3/c1-10-4-2-3-5-12(10)16-14(20)11-8-15-17(9-11)7-6-13(18)19/h8-10,12H,2-7H2,1H3,(H,16,20)(H,18,19). The summed E-state index contributed by atoms with van der Waals surface area (Å²) in [5.41, 5.74) is 0.494. The van der Waals surface area contributed by atoms with Gasteiger partial charge in [0.25, 0.3) is 5.91 Å². The lowest BCUT2D eigenvalue weighted by Gasteiger charge is -2.29. The highest BCUT2D eigenvalue weighted by atomic mass is 16.4. The summed E-state index contributed by atoms with van der Waals surface area (Å²) in [6.45, 7) is 2.45. The Hall–Kier alpha value is -1.85. The highest BCUT2D eigenvalue weighted by molar-refractivity contribution is 5.93. The second-order valence-electron chi connectivity index (χ2n) is 5.48. The van der Waals surface area contributed by atoms with Crippen LogP contribution in [-0.2, 0) is 11.3 Å². The smallest absolute Gasteiger partial charge is 0.305 e. The fourth-order valence-electron chi connectivity index (χ4n) is 2.60. The summed E-state index contributed by atoms with van der Waals surface area (Å²) in [6, 6.07) is 0.235. The van der Waals surface area contributed by atoms with Crippen molar-refractivity contribution in [1.82, 2.24) is 15.1 Å². The topological polar surface area (TPSA) is 84.2 Å². The minimum Gasteiger partial charge on any atom is -0.481 e. The molecule has 1 fully saturated rings. The summed E-state index contributed by atoms with van der Waals surface area (Å²) in [4.78, 5) is 22.6. The predicted molar refractivity (Wildman–Crippen MR) is 73.4 cm³/mol. The van der Waals surface area contributed by atoms with Crippen molar-refractivity contribution >= 4 is 11.9 Å². The van der Waals surface area contributed by atoms with Crippen molar-refractivity contribution in [2.24, 2.45) is 5.92 Å². The molecule has 6 nitrogen and oxygen atoms in total. The number of hydrogen-bond donors (Lipinski definition) is 2. The molecule has 0 aliphatic heterocycles. The van der Waals surface area contributed by atoms with Gasteiger partial charge >= 0.3 is 5.97 Å². The molecule has 2 rings (SSSR count). The van der Waals surface area contributed by atoms with Gasteiger partial charge in [-0.1, -0.05) is 19.8 Å². The van der Waals surface area contributed by atoms with E-state index < -0.39 is 5.97 Å². The van der Waals surface area contributed by atoms with E-state index in [4.69, 9.17) is 5.11 Å². The Morgan fingerprint density at radius 1 is 1.45 bits per heavy atom. The van der Waals surface area contributed by atoms with E-state index in [2.05, 4.69) is 17.3 Å². The third-order valence-corrected chi connectivity index (χ3v) is 3.88. The maximum Gasteiger partial charge on any atom is 0.305 e. The van der Waals surface area contributed by atoms with Crippen LogP contribution in [0.15, 0.2) is 12.4 Å². The Morgan fingerprint density at radius 2 is 2.20 bits per heavy atom. The second kappa shape index (κ2) is 6.54. The van der Waals surface area contributed by atoms with E-state index in [1.54, 1.807) is 6.20 Å². The first kappa shape index (κ1) is 14.6. The average molecular weight is 279 g/mol. The highest BCUT2D eigenvalue weighted by Crippen LogP contribution is 2.23. The van der Waals surface area contributed by atoms with E-state index in [1.165, 1.54) is 17.3 Å². The van der Waals surface area contributed by atoms with Crippen molar-refractivity contribution in [3.8, 4) is 0 Å². The van der Waals surface area contributed by atoms with Gasteiger partial charge < -0.3 is 10.4 Å². The van der Waals surface area contributed by atoms with Crippen molar-refractivity contribution in [3.05, 3.63) is 18.0 Å². The van der Waals surface area contributed by atoms with Gasteiger partial charge in [0.15, 0.2) is 0 Å². The molecular weight excluding hydrogens is 258 g/mol. The molecule has 1 saturated carbocycles. The number of amides is 1. The number of nitrogens with zero attached hydrogens (tertiary/aromatic N) is 2. The van der Waals surface area contributed by atoms with Crippen LogP contribution in [0.1, 0.15) is 49.4 Å². The van der Waals surface area contributed by atoms with Crippen LogP contribution in [0.5, 0.6) is 0 Å². The van der Waals surface area contributed by atoms with E-state index in [1.807, 2.05) is 0 Å². The lowest BCUT2D eigenvalue weighted by atomic mass is 9.86. The maximum atomic E-state index is 12.1. The van der Waals surface area contributed by atoms with E-state index in [-0.39, 0.29) is 24.9 Å². The quantitative estimate of drug-likeness (QED) is 0.858. The highest BCUT2D eigenvalue weighted by Gasteiger charge is 2.23. The molecule has 1 aliphatic carbocycles. The van der Waals surface area contributed by atoms with Gasteiger partial charge in [-0.15, -0.1) is 0 Å². The lowest BCUT2D eigenvalue weighted by Crippen LogP contribution is -2.40. The minimum atomic E-state index is -0.873. The Balaban J connectivity index is 1.90. The van der Waals surface area contributed by atoms with E-state index in [0.717, 1.165) is 19.3 Å². The fourth-order valence-corrected chi connectivity index (χ4v) is 2.60. The number of carbonyl (C=O) groups excluding carboxylic acids is 1. The summed E-state index contributed by atoms with van der Waals surface area (Å²) in [5.74, 6) is -0.484. The second-order valence-corrected chi connectivity index (χ2v) is 5.48. The third kappa shape index (κ3) is 3.82. The third-order valence-electron chi connectivity index (χ3n) is 3.88. The molecule has 1 heterocycles. The summed E-state index contributed by atoms with van der Waals surface area (Å²) in [5, 5.41) is 15.7. The van der Waals surface area contributed by atoms with Crippen molar-refractivity contribution in [2.75, 3.05) is 0 Å². The number of nitrogens with one attached hydrogen (secondary N) is 1. The van der Waals surface area contributed by atoms with Crippen LogP contribution in [0, 0.1) is 5.92 Å². The molecule has 6 heteroatoms. The van der Waals surface area contributed by atoms with Gasteiger partial charge in [0.05, 0.1) is 24.7 Å². The molecule has 1 amide bonds. The van der Waals surface area contributed by atoms with Crippen molar-refractivity contribution in [3.63, 3.8) is 0 Å².